The van der Waals surface area contributed by atoms with E-state index in [0.717, 1.165) is 83.4 Å². The number of anilines is 4. The molecule has 3 fully saturated rings. The molecule has 346 valence electrons. The van der Waals surface area contributed by atoms with E-state index in [2.05, 4.69) is 94.0 Å². The molecule has 6 heterocycles. The van der Waals surface area contributed by atoms with Gasteiger partial charge in [0.05, 0.1) is 93.3 Å². The van der Waals surface area contributed by atoms with E-state index in [1.165, 1.54) is 0 Å². The van der Waals surface area contributed by atoms with Crippen molar-refractivity contribution < 1.29 is 32.8 Å². The lowest BCUT2D eigenvalue weighted by molar-refractivity contribution is 0.00361. The molecule has 0 aliphatic carbocycles. The van der Waals surface area contributed by atoms with Crippen LogP contribution in [0.15, 0.2) is 94.3 Å². The van der Waals surface area contributed by atoms with E-state index in [9.17, 15) is 4.79 Å². The van der Waals surface area contributed by atoms with Gasteiger partial charge in [0, 0.05) is 56.0 Å². The maximum absolute atomic E-state index is 13.3. The van der Waals surface area contributed by atoms with E-state index >= 15 is 0 Å². The van der Waals surface area contributed by atoms with Gasteiger partial charge in [0.2, 0.25) is 0 Å². The fourth-order valence-electron chi connectivity index (χ4n) is 9.52. The van der Waals surface area contributed by atoms with Crippen molar-refractivity contribution in [2.24, 2.45) is 0 Å². The van der Waals surface area contributed by atoms with Crippen LogP contribution in [0.25, 0.3) is 27.9 Å². The molecular formula is C51H59N7O8. The van der Waals surface area contributed by atoms with Gasteiger partial charge >= 0.3 is 5.63 Å². The summed E-state index contributed by atoms with van der Waals surface area (Å²) in [5, 5.41) is 9.64. The smallest absolute Gasteiger partial charge is 0.345 e. The Morgan fingerprint density at radius 2 is 1.35 bits per heavy atom. The molecular weight excluding hydrogens is 839 g/mol. The summed E-state index contributed by atoms with van der Waals surface area (Å²) < 4.78 is 46.1. The topological polar surface area (TPSA) is 129 Å². The highest BCUT2D eigenvalue weighted by Crippen LogP contribution is 2.47. The molecule has 4 aromatic carbocycles. The summed E-state index contributed by atoms with van der Waals surface area (Å²) in [6, 6.07) is 26.5. The van der Waals surface area contributed by atoms with E-state index in [-0.39, 0.29) is 11.1 Å². The van der Waals surface area contributed by atoms with E-state index in [1.807, 2.05) is 42.5 Å². The Balaban J connectivity index is 0.948. The zero-order chi connectivity index (χ0) is 45.4. The first kappa shape index (κ1) is 43.6. The Kier molecular flexibility index (Phi) is 12.0. The molecule has 6 aromatic rings. The summed E-state index contributed by atoms with van der Waals surface area (Å²) >= 11 is 0. The zero-order valence-electron chi connectivity index (χ0n) is 38.6. The number of aromatic nitrogens is 3. The number of nitrogens with zero attached hydrogens (tertiary/aromatic N) is 7. The van der Waals surface area contributed by atoms with Crippen LogP contribution in [-0.4, -0.2) is 125 Å². The summed E-state index contributed by atoms with van der Waals surface area (Å²) in [5.41, 5.74) is 7.23. The fraction of sp³-hybridized carbons (Fsp3) is 0.431. The summed E-state index contributed by atoms with van der Waals surface area (Å²) in [4.78, 5) is 22.5. The molecule has 2 aromatic heterocycles. The number of benzene rings is 4. The molecule has 10 rings (SSSR count). The van der Waals surface area contributed by atoms with Crippen molar-refractivity contribution in [1.82, 2.24) is 15.0 Å². The average Bonchev–Trinajstić information content (AvgIpc) is 4.16. The molecule has 15 heteroatoms. The maximum Gasteiger partial charge on any atom is 0.345 e. The van der Waals surface area contributed by atoms with E-state index in [0.29, 0.717) is 94.2 Å². The third-order valence-corrected chi connectivity index (χ3v) is 13.5. The van der Waals surface area contributed by atoms with Crippen LogP contribution in [-0.2, 0) is 14.2 Å². The quantitative estimate of drug-likeness (QED) is 0.120. The van der Waals surface area contributed by atoms with Crippen LogP contribution in [0.2, 0.25) is 0 Å². The molecule has 4 aliphatic heterocycles. The molecule has 15 nitrogen and oxygen atoms in total. The van der Waals surface area contributed by atoms with Crippen molar-refractivity contribution in [3.05, 3.63) is 107 Å². The van der Waals surface area contributed by atoms with Gasteiger partial charge < -0.3 is 52.4 Å². The third-order valence-electron chi connectivity index (χ3n) is 13.5. The van der Waals surface area contributed by atoms with Crippen LogP contribution in [0.5, 0.6) is 17.2 Å². The molecule has 66 heavy (non-hydrogen) atoms. The van der Waals surface area contributed by atoms with Gasteiger partial charge in [0.25, 0.3) is 0 Å². The SMILES string of the molecule is CCN(CC)c1ccc2cc(-c3cn(-c4ccc(N5CCOc6cc(C)ccc6N6CC67CCOCC6(COCCOC7)CN6c6ccc(C)cc6OCC5)c(OC)c4)nn3)c(=O)oc2c1. The monoisotopic (exact) mass is 897 g/mol. The Hall–Kier alpha value is -6.29. The van der Waals surface area contributed by atoms with Crippen LogP contribution < -0.4 is 39.4 Å². The molecule has 2 spiro atoms. The lowest BCUT2D eigenvalue weighted by atomic mass is 10.1. The van der Waals surface area contributed by atoms with Crippen LogP contribution >= 0.6 is 0 Å². The van der Waals surface area contributed by atoms with Gasteiger partial charge in [-0.1, -0.05) is 17.3 Å². The van der Waals surface area contributed by atoms with Crippen LogP contribution in [0.3, 0.4) is 0 Å². The van der Waals surface area contributed by atoms with E-state index in [4.69, 9.17) is 32.8 Å². The van der Waals surface area contributed by atoms with Crippen LogP contribution in [0, 0.1) is 13.8 Å². The Morgan fingerprint density at radius 1 is 0.712 bits per heavy atom. The Morgan fingerprint density at radius 3 is 2.03 bits per heavy atom. The molecule has 0 saturated carbocycles. The number of methoxy groups -OCH3 is 1. The van der Waals surface area contributed by atoms with Crippen molar-refractivity contribution in [2.75, 3.05) is 119 Å². The summed E-state index contributed by atoms with van der Waals surface area (Å²) in [6.07, 6.45) is 2.58. The van der Waals surface area contributed by atoms with Gasteiger partial charge in [0.1, 0.15) is 47.3 Å². The summed E-state index contributed by atoms with van der Waals surface area (Å²) in [6.45, 7) is 17.0. The number of fused-ring (bicyclic) bond motifs is 8. The van der Waals surface area contributed by atoms with Gasteiger partial charge in [0.15, 0.2) is 0 Å². The summed E-state index contributed by atoms with van der Waals surface area (Å²) in [7, 11) is 1.66. The van der Waals surface area contributed by atoms with E-state index in [1.54, 1.807) is 18.0 Å². The van der Waals surface area contributed by atoms with Crippen LogP contribution in [0.4, 0.5) is 22.7 Å². The van der Waals surface area contributed by atoms with Crippen molar-refractivity contribution in [3.8, 4) is 34.2 Å². The molecule has 0 amide bonds. The van der Waals surface area contributed by atoms with Crippen molar-refractivity contribution in [3.63, 3.8) is 0 Å². The van der Waals surface area contributed by atoms with Gasteiger partial charge in [-0.2, -0.15) is 0 Å². The fourth-order valence-corrected chi connectivity index (χ4v) is 9.52. The molecule has 0 N–H and O–H groups in total. The first-order valence-corrected chi connectivity index (χ1v) is 23.1. The number of ether oxygens (including phenoxy) is 6. The minimum absolute atomic E-state index is 0.187. The van der Waals surface area contributed by atoms with Crippen molar-refractivity contribution >= 4 is 33.7 Å². The highest BCUT2D eigenvalue weighted by atomic mass is 16.5. The molecule has 2 bridgehead atoms. The standard InChI is InChI=1S/C51H59N7O8/c1-6-54(7-2)38-11-10-37-26-40(49(59)66-45(37)27-38)41-29-58(53-52-41)39-12-15-42(46(28-39)60-5)55-17-20-64-47-24-35(3)8-13-43(47)56-30-50(56)16-19-61-33-51(34-63-23-22-62-32-50)31-57(51)44-14-9-36(4)25-48(44)65-21-18-55/h8-15,24-29H,6-7,16-23,30-34H2,1-5H3. The second-order valence-corrected chi connectivity index (χ2v) is 17.9. The van der Waals surface area contributed by atoms with Gasteiger partial charge in [-0.3, -0.25) is 0 Å². The second-order valence-electron chi connectivity index (χ2n) is 17.9. The van der Waals surface area contributed by atoms with Crippen molar-refractivity contribution in [1.29, 1.82) is 0 Å². The predicted molar refractivity (Wildman–Crippen MR) is 256 cm³/mol. The Labute approximate surface area is 385 Å². The van der Waals surface area contributed by atoms with Gasteiger partial charge in [-0.15, -0.1) is 5.10 Å². The largest absolute Gasteiger partial charge is 0.495 e. The predicted octanol–water partition coefficient (Wildman–Crippen LogP) is 7.06. The lowest BCUT2D eigenvalue weighted by Gasteiger charge is -2.28. The minimum atomic E-state index is -0.475. The van der Waals surface area contributed by atoms with Gasteiger partial charge in [-0.25, -0.2) is 9.48 Å². The van der Waals surface area contributed by atoms with Gasteiger partial charge in [-0.05, 0) is 99.8 Å². The molecule has 4 aliphatic rings. The number of aryl methyl sites for hydroxylation is 2. The van der Waals surface area contributed by atoms with Crippen molar-refractivity contribution in [2.45, 2.75) is 45.2 Å². The molecule has 2 unspecified atom stereocenters. The maximum atomic E-state index is 13.3. The first-order chi connectivity index (χ1) is 32.2. The number of hydrogen-bond donors (Lipinski definition) is 0. The second kappa shape index (κ2) is 18.2. The third kappa shape index (κ3) is 8.62. The number of hydrogen-bond acceptors (Lipinski definition) is 14. The first-order valence-electron chi connectivity index (χ1n) is 23.1. The molecule has 2 atom stereocenters. The van der Waals surface area contributed by atoms with E-state index < -0.39 is 5.63 Å². The highest BCUT2D eigenvalue weighted by molar-refractivity contribution is 5.84. The highest BCUT2D eigenvalue weighted by Gasteiger charge is 2.55. The average molecular weight is 898 g/mol. The van der Waals surface area contributed by atoms with Crippen LogP contribution in [0.1, 0.15) is 31.4 Å². The minimum Gasteiger partial charge on any atom is -0.495 e. The lowest BCUT2D eigenvalue weighted by Crippen LogP contribution is -2.35. The molecule has 0 radical (unpaired) electrons. The molecule has 3 saturated heterocycles. The Bertz CT molecular complexity index is 2690. The normalized spacial score (nSPS) is 21.2. The zero-order valence-corrected chi connectivity index (χ0v) is 38.6. The number of rotatable bonds is 7. The summed E-state index contributed by atoms with van der Waals surface area (Å²) in [5.74, 6) is 2.29.